The van der Waals surface area contributed by atoms with E-state index in [0.29, 0.717) is 6.61 Å². The summed E-state index contributed by atoms with van der Waals surface area (Å²) in [6, 6.07) is 14.1. The van der Waals surface area contributed by atoms with Crippen molar-refractivity contribution in [2.24, 2.45) is 0 Å². The molecule has 2 rings (SSSR count). The van der Waals surface area contributed by atoms with E-state index in [1.54, 1.807) is 6.92 Å². The molecule has 100 valence electrons. The molecule has 0 spiro atoms. The summed E-state index contributed by atoms with van der Waals surface area (Å²) in [6.45, 7) is 6.40. The van der Waals surface area contributed by atoms with Crippen molar-refractivity contribution in [2.45, 2.75) is 33.5 Å². The van der Waals surface area contributed by atoms with Crippen molar-refractivity contribution in [3.63, 3.8) is 0 Å². The number of rotatable bonds is 4. The molecule has 0 aliphatic heterocycles. The van der Waals surface area contributed by atoms with Crippen LogP contribution in [0.3, 0.4) is 0 Å². The van der Waals surface area contributed by atoms with Gasteiger partial charge in [-0.2, -0.15) is 0 Å². The number of ether oxygens (including phenoxy) is 1. The van der Waals surface area contributed by atoms with Crippen molar-refractivity contribution in [3.8, 4) is 5.75 Å². The Bertz CT molecular complexity index is 542. The summed E-state index contributed by atoms with van der Waals surface area (Å²) < 4.78 is 5.82. The molecule has 2 nitrogen and oxygen atoms in total. The van der Waals surface area contributed by atoms with Gasteiger partial charge >= 0.3 is 0 Å². The average Bonchev–Trinajstić information content (AvgIpc) is 2.39. The summed E-state index contributed by atoms with van der Waals surface area (Å²) in [6.07, 6.45) is -0.440. The summed E-state index contributed by atoms with van der Waals surface area (Å²) in [7, 11) is 0. The molecule has 0 saturated heterocycles. The number of aliphatic hydroxyl groups excluding tert-OH is 1. The first-order chi connectivity index (χ1) is 9.06. The first-order valence-corrected chi connectivity index (χ1v) is 6.53. The number of benzene rings is 2. The Balaban J connectivity index is 2.05. The molecule has 0 aliphatic carbocycles. The predicted octanol–water partition coefficient (Wildman–Crippen LogP) is 3.94. The van der Waals surface area contributed by atoms with E-state index in [2.05, 4.69) is 31.2 Å². The SMILES string of the molecule is Cc1ccc(COc2ccc([C@H](C)O)cc2C)cc1. The van der Waals surface area contributed by atoms with Crippen molar-refractivity contribution in [1.82, 2.24) is 0 Å². The van der Waals surface area contributed by atoms with Crippen LogP contribution in [0.2, 0.25) is 0 Å². The second kappa shape index (κ2) is 5.89. The molecular formula is C17H20O2. The van der Waals surface area contributed by atoms with Gasteiger partial charge in [-0.15, -0.1) is 0 Å². The summed E-state index contributed by atoms with van der Waals surface area (Å²) >= 11 is 0. The van der Waals surface area contributed by atoms with Gasteiger partial charge < -0.3 is 9.84 Å². The van der Waals surface area contributed by atoms with Crippen molar-refractivity contribution in [1.29, 1.82) is 0 Å². The normalized spacial score (nSPS) is 12.2. The average molecular weight is 256 g/mol. The molecule has 0 aliphatic rings. The van der Waals surface area contributed by atoms with Crippen molar-refractivity contribution in [2.75, 3.05) is 0 Å². The van der Waals surface area contributed by atoms with Gasteiger partial charge in [0.25, 0.3) is 0 Å². The Labute approximate surface area is 114 Å². The third-order valence-corrected chi connectivity index (χ3v) is 3.20. The maximum atomic E-state index is 9.53. The van der Waals surface area contributed by atoms with Gasteiger partial charge in [0.15, 0.2) is 0 Å². The van der Waals surface area contributed by atoms with Crippen molar-refractivity contribution < 1.29 is 9.84 Å². The zero-order valence-electron chi connectivity index (χ0n) is 11.7. The number of hydrogen-bond acceptors (Lipinski definition) is 2. The molecule has 1 N–H and O–H groups in total. The van der Waals surface area contributed by atoms with Crippen LogP contribution in [0.25, 0.3) is 0 Å². The zero-order valence-corrected chi connectivity index (χ0v) is 11.7. The summed E-state index contributed by atoms with van der Waals surface area (Å²) in [4.78, 5) is 0. The lowest BCUT2D eigenvalue weighted by Crippen LogP contribution is -1.98. The van der Waals surface area contributed by atoms with Crippen molar-refractivity contribution >= 4 is 0 Å². The van der Waals surface area contributed by atoms with Crippen LogP contribution in [0.4, 0.5) is 0 Å². The number of aliphatic hydroxyl groups is 1. The van der Waals surface area contributed by atoms with Crippen LogP contribution >= 0.6 is 0 Å². The quantitative estimate of drug-likeness (QED) is 0.898. The van der Waals surface area contributed by atoms with Crippen LogP contribution in [0.15, 0.2) is 42.5 Å². The Morgan fingerprint density at radius 3 is 2.32 bits per heavy atom. The van der Waals surface area contributed by atoms with Gasteiger partial charge in [-0.1, -0.05) is 35.9 Å². The fourth-order valence-electron chi connectivity index (χ4n) is 1.94. The molecule has 0 fully saturated rings. The van der Waals surface area contributed by atoms with E-state index >= 15 is 0 Å². The Morgan fingerprint density at radius 1 is 1.05 bits per heavy atom. The Morgan fingerprint density at radius 2 is 1.74 bits per heavy atom. The van der Waals surface area contributed by atoms with Crippen LogP contribution in [-0.2, 0) is 6.61 Å². The minimum absolute atomic E-state index is 0.440. The van der Waals surface area contributed by atoms with E-state index in [1.165, 1.54) is 5.56 Å². The third kappa shape index (κ3) is 3.58. The van der Waals surface area contributed by atoms with Gasteiger partial charge in [0.2, 0.25) is 0 Å². The molecule has 1 atom stereocenters. The predicted molar refractivity (Wildman–Crippen MR) is 77.3 cm³/mol. The summed E-state index contributed by atoms with van der Waals surface area (Å²) in [5, 5.41) is 9.53. The molecule has 19 heavy (non-hydrogen) atoms. The minimum atomic E-state index is -0.440. The lowest BCUT2D eigenvalue weighted by Gasteiger charge is -2.12. The van der Waals surface area contributed by atoms with E-state index < -0.39 is 6.10 Å². The maximum Gasteiger partial charge on any atom is 0.122 e. The number of hydrogen-bond donors (Lipinski definition) is 1. The van der Waals surface area contributed by atoms with Gasteiger partial charge in [0, 0.05) is 0 Å². The first kappa shape index (κ1) is 13.6. The molecule has 2 aromatic rings. The van der Waals surface area contributed by atoms with E-state index in [4.69, 9.17) is 4.74 Å². The lowest BCUT2D eigenvalue weighted by atomic mass is 10.1. The molecule has 0 saturated carbocycles. The molecule has 0 radical (unpaired) electrons. The van der Waals surface area contributed by atoms with Crippen LogP contribution < -0.4 is 4.74 Å². The first-order valence-electron chi connectivity index (χ1n) is 6.53. The van der Waals surface area contributed by atoms with Gasteiger partial charge in [0.05, 0.1) is 6.10 Å². The maximum absolute atomic E-state index is 9.53. The monoisotopic (exact) mass is 256 g/mol. The topological polar surface area (TPSA) is 29.5 Å². The highest BCUT2D eigenvalue weighted by Crippen LogP contribution is 2.23. The fourth-order valence-corrected chi connectivity index (χ4v) is 1.94. The van der Waals surface area contributed by atoms with Gasteiger partial charge in [-0.3, -0.25) is 0 Å². The molecule has 2 heteroatoms. The zero-order chi connectivity index (χ0) is 13.8. The number of aryl methyl sites for hydroxylation is 2. The van der Waals surface area contributed by atoms with E-state index in [1.807, 2.05) is 25.1 Å². The van der Waals surface area contributed by atoms with Gasteiger partial charge in [-0.05, 0) is 49.6 Å². The van der Waals surface area contributed by atoms with Crippen LogP contribution in [0.1, 0.15) is 35.3 Å². The molecule has 0 heterocycles. The third-order valence-electron chi connectivity index (χ3n) is 3.20. The van der Waals surface area contributed by atoms with E-state index in [-0.39, 0.29) is 0 Å². The summed E-state index contributed by atoms with van der Waals surface area (Å²) in [5.74, 6) is 0.866. The Hall–Kier alpha value is -1.80. The lowest BCUT2D eigenvalue weighted by molar-refractivity contribution is 0.199. The highest BCUT2D eigenvalue weighted by molar-refractivity contribution is 5.37. The summed E-state index contributed by atoms with van der Waals surface area (Å²) in [5.41, 5.74) is 4.37. The molecule has 0 unspecified atom stereocenters. The Kier molecular flexibility index (Phi) is 4.23. The minimum Gasteiger partial charge on any atom is -0.489 e. The fraction of sp³-hybridized carbons (Fsp3) is 0.294. The van der Waals surface area contributed by atoms with E-state index in [0.717, 1.165) is 22.4 Å². The molecule has 0 aromatic heterocycles. The smallest absolute Gasteiger partial charge is 0.122 e. The highest BCUT2D eigenvalue weighted by Gasteiger charge is 2.05. The second-order valence-corrected chi connectivity index (χ2v) is 4.98. The second-order valence-electron chi connectivity index (χ2n) is 4.98. The molecule has 0 bridgehead atoms. The largest absolute Gasteiger partial charge is 0.489 e. The van der Waals surface area contributed by atoms with Gasteiger partial charge in [0.1, 0.15) is 12.4 Å². The highest BCUT2D eigenvalue weighted by atomic mass is 16.5. The van der Waals surface area contributed by atoms with Gasteiger partial charge in [-0.25, -0.2) is 0 Å². The van der Waals surface area contributed by atoms with Crippen LogP contribution in [0, 0.1) is 13.8 Å². The molecule has 0 amide bonds. The van der Waals surface area contributed by atoms with Crippen LogP contribution in [0.5, 0.6) is 5.75 Å². The van der Waals surface area contributed by atoms with Crippen molar-refractivity contribution in [3.05, 3.63) is 64.7 Å². The van der Waals surface area contributed by atoms with E-state index in [9.17, 15) is 5.11 Å². The standard InChI is InChI=1S/C17H20O2/c1-12-4-6-15(7-5-12)11-19-17-9-8-16(14(3)18)10-13(17)2/h4-10,14,18H,11H2,1-3H3/t14-/m0/s1. The molecular weight excluding hydrogens is 236 g/mol. The molecule has 2 aromatic carbocycles. The van der Waals surface area contributed by atoms with Crippen LogP contribution in [-0.4, -0.2) is 5.11 Å².